The molecule has 0 spiro atoms. The van der Waals surface area contributed by atoms with Gasteiger partial charge in [-0.2, -0.15) is 0 Å². The number of anilines is 3. The summed E-state index contributed by atoms with van der Waals surface area (Å²) in [5.74, 6) is 0. The Morgan fingerprint density at radius 3 is 2.33 bits per heavy atom. The van der Waals surface area contributed by atoms with Crippen molar-refractivity contribution in [2.24, 2.45) is 0 Å². The molecule has 0 fully saturated rings. The second kappa shape index (κ2) is 5.71. The van der Waals surface area contributed by atoms with Crippen LogP contribution < -0.4 is 11.1 Å². The first-order valence-corrected chi connectivity index (χ1v) is 7.02. The molecule has 104 valence electrons. The smallest absolute Gasteiger partial charge is 0.0633 e. The van der Waals surface area contributed by atoms with Crippen molar-refractivity contribution in [2.75, 3.05) is 11.1 Å². The molecular weight excluding hydrogens is 256 g/mol. The maximum atomic E-state index is 6.34. The van der Waals surface area contributed by atoms with Crippen LogP contribution in [-0.4, -0.2) is 0 Å². The molecule has 0 radical (unpaired) electrons. The van der Waals surface area contributed by atoms with Crippen molar-refractivity contribution >= 4 is 27.8 Å². The van der Waals surface area contributed by atoms with Crippen LogP contribution in [0, 0.1) is 0 Å². The SMILES string of the molecule is C=CCc1cc(Nc2ccccc2)c(N)c2ccccc12. The zero-order valence-corrected chi connectivity index (χ0v) is 11.8. The number of hydrogen-bond donors (Lipinski definition) is 2. The lowest BCUT2D eigenvalue weighted by Gasteiger charge is -2.15. The van der Waals surface area contributed by atoms with Gasteiger partial charge in [0.1, 0.15) is 0 Å². The van der Waals surface area contributed by atoms with Crippen LogP contribution in [0.25, 0.3) is 10.8 Å². The Kier molecular flexibility index (Phi) is 3.61. The highest BCUT2D eigenvalue weighted by Gasteiger charge is 2.09. The van der Waals surface area contributed by atoms with Crippen LogP contribution in [0.3, 0.4) is 0 Å². The predicted molar refractivity (Wildman–Crippen MR) is 92.0 cm³/mol. The van der Waals surface area contributed by atoms with Gasteiger partial charge in [-0.3, -0.25) is 0 Å². The zero-order chi connectivity index (χ0) is 14.7. The maximum Gasteiger partial charge on any atom is 0.0633 e. The standard InChI is InChI=1S/C19H18N2/c1-2-8-14-13-18(21-15-9-4-3-5-10-15)19(20)17-12-7-6-11-16(14)17/h2-7,9-13,21H,1,8,20H2. The molecule has 3 N–H and O–H groups in total. The van der Waals surface area contributed by atoms with Gasteiger partial charge in [-0.05, 0) is 35.6 Å². The normalized spacial score (nSPS) is 10.5. The number of nitrogens with one attached hydrogen (secondary N) is 1. The minimum Gasteiger partial charge on any atom is -0.397 e. The van der Waals surface area contributed by atoms with E-state index in [2.05, 4.69) is 30.1 Å². The van der Waals surface area contributed by atoms with Crippen molar-refractivity contribution in [3.63, 3.8) is 0 Å². The van der Waals surface area contributed by atoms with Crippen molar-refractivity contribution in [1.82, 2.24) is 0 Å². The average molecular weight is 274 g/mol. The van der Waals surface area contributed by atoms with Crippen molar-refractivity contribution in [1.29, 1.82) is 0 Å². The third kappa shape index (κ3) is 2.61. The molecule has 0 bridgehead atoms. The molecule has 0 aromatic heterocycles. The van der Waals surface area contributed by atoms with Crippen molar-refractivity contribution in [2.45, 2.75) is 6.42 Å². The maximum absolute atomic E-state index is 6.34. The van der Waals surface area contributed by atoms with E-state index in [1.54, 1.807) is 0 Å². The van der Waals surface area contributed by atoms with Crippen LogP contribution in [0.15, 0.2) is 73.3 Å². The largest absolute Gasteiger partial charge is 0.397 e. The van der Waals surface area contributed by atoms with Gasteiger partial charge in [0.25, 0.3) is 0 Å². The van der Waals surface area contributed by atoms with Gasteiger partial charge < -0.3 is 11.1 Å². The summed E-state index contributed by atoms with van der Waals surface area (Å²) >= 11 is 0. The van der Waals surface area contributed by atoms with Gasteiger partial charge in [0, 0.05) is 11.1 Å². The van der Waals surface area contributed by atoms with Crippen molar-refractivity contribution in [3.05, 3.63) is 78.9 Å². The molecule has 3 aromatic carbocycles. The number of nitrogens with two attached hydrogens (primary N) is 1. The summed E-state index contributed by atoms with van der Waals surface area (Å²) < 4.78 is 0. The predicted octanol–water partition coefficient (Wildman–Crippen LogP) is 4.89. The molecule has 0 aliphatic carbocycles. The number of hydrogen-bond acceptors (Lipinski definition) is 2. The van der Waals surface area contributed by atoms with Crippen molar-refractivity contribution in [3.8, 4) is 0 Å². The van der Waals surface area contributed by atoms with E-state index in [4.69, 9.17) is 5.73 Å². The lowest BCUT2D eigenvalue weighted by Crippen LogP contribution is -1.99. The van der Waals surface area contributed by atoms with Crippen molar-refractivity contribution < 1.29 is 0 Å². The third-order valence-electron chi connectivity index (χ3n) is 3.59. The summed E-state index contributed by atoms with van der Waals surface area (Å²) in [5.41, 5.74) is 10.3. The number of rotatable bonds is 4. The van der Waals surface area contributed by atoms with E-state index in [-0.39, 0.29) is 0 Å². The number of allylic oxidation sites excluding steroid dienone is 1. The van der Waals surface area contributed by atoms with E-state index < -0.39 is 0 Å². The monoisotopic (exact) mass is 274 g/mol. The summed E-state index contributed by atoms with van der Waals surface area (Å²) in [7, 11) is 0. The fourth-order valence-electron chi connectivity index (χ4n) is 2.58. The Labute approximate surface area is 124 Å². The first-order chi connectivity index (χ1) is 10.3. The van der Waals surface area contributed by atoms with Crippen LogP contribution >= 0.6 is 0 Å². The Bertz CT molecular complexity index is 776. The lowest BCUT2D eigenvalue weighted by atomic mass is 9.99. The van der Waals surface area contributed by atoms with E-state index in [9.17, 15) is 0 Å². The molecule has 21 heavy (non-hydrogen) atoms. The average Bonchev–Trinajstić information content (AvgIpc) is 2.53. The van der Waals surface area contributed by atoms with E-state index in [1.807, 2.05) is 48.5 Å². The minimum absolute atomic E-state index is 0.780. The van der Waals surface area contributed by atoms with Gasteiger partial charge in [-0.25, -0.2) is 0 Å². The molecule has 0 heterocycles. The summed E-state index contributed by atoms with van der Waals surface area (Å²) in [6.07, 6.45) is 2.74. The summed E-state index contributed by atoms with van der Waals surface area (Å²) in [6, 6.07) is 20.4. The topological polar surface area (TPSA) is 38.0 Å². The molecule has 2 nitrogen and oxygen atoms in total. The molecule has 3 aromatic rings. The van der Waals surface area contributed by atoms with E-state index >= 15 is 0 Å². The van der Waals surface area contributed by atoms with Gasteiger partial charge in [0.2, 0.25) is 0 Å². The van der Waals surface area contributed by atoms with E-state index in [1.165, 1.54) is 10.9 Å². The zero-order valence-electron chi connectivity index (χ0n) is 11.8. The molecule has 0 amide bonds. The van der Waals surface area contributed by atoms with Gasteiger partial charge in [0.05, 0.1) is 11.4 Å². The van der Waals surface area contributed by atoms with Gasteiger partial charge in [0.15, 0.2) is 0 Å². The Balaban J connectivity index is 2.14. The molecule has 3 rings (SSSR count). The third-order valence-corrected chi connectivity index (χ3v) is 3.59. The second-order valence-electron chi connectivity index (χ2n) is 5.03. The Hall–Kier alpha value is -2.74. The molecular formula is C19H18N2. The second-order valence-corrected chi connectivity index (χ2v) is 5.03. The number of fused-ring (bicyclic) bond motifs is 1. The Morgan fingerprint density at radius 1 is 0.952 bits per heavy atom. The summed E-state index contributed by atoms with van der Waals surface area (Å²) in [5, 5.41) is 5.67. The van der Waals surface area contributed by atoms with Gasteiger partial charge >= 0.3 is 0 Å². The Morgan fingerprint density at radius 2 is 1.62 bits per heavy atom. The van der Waals surface area contributed by atoms with Crippen LogP contribution in [-0.2, 0) is 6.42 Å². The number of para-hydroxylation sites is 1. The first kappa shape index (κ1) is 13.3. The highest BCUT2D eigenvalue weighted by molar-refractivity contribution is 6.01. The molecule has 0 unspecified atom stereocenters. The lowest BCUT2D eigenvalue weighted by molar-refractivity contribution is 1.31. The van der Waals surface area contributed by atoms with Crippen LogP contribution in [0.2, 0.25) is 0 Å². The van der Waals surface area contributed by atoms with Crippen LogP contribution in [0.5, 0.6) is 0 Å². The highest BCUT2D eigenvalue weighted by Crippen LogP contribution is 2.34. The molecule has 0 aliphatic rings. The van der Waals surface area contributed by atoms with Crippen LogP contribution in [0.1, 0.15) is 5.56 Å². The number of nitrogen functional groups attached to an aromatic ring is 1. The summed E-state index contributed by atoms with van der Waals surface area (Å²) in [6.45, 7) is 3.85. The fourth-order valence-corrected chi connectivity index (χ4v) is 2.58. The first-order valence-electron chi connectivity index (χ1n) is 7.02. The van der Waals surface area contributed by atoms with Gasteiger partial charge in [-0.1, -0.05) is 48.5 Å². The number of benzene rings is 3. The highest BCUT2D eigenvalue weighted by atomic mass is 14.9. The molecule has 0 saturated carbocycles. The molecule has 2 heteroatoms. The minimum atomic E-state index is 0.780. The molecule has 0 saturated heterocycles. The van der Waals surface area contributed by atoms with E-state index in [0.29, 0.717) is 0 Å². The quantitative estimate of drug-likeness (QED) is 0.525. The molecule has 0 atom stereocenters. The van der Waals surface area contributed by atoms with Crippen LogP contribution in [0.4, 0.5) is 17.1 Å². The van der Waals surface area contributed by atoms with Gasteiger partial charge in [-0.15, -0.1) is 6.58 Å². The summed E-state index contributed by atoms with van der Waals surface area (Å²) in [4.78, 5) is 0. The van der Waals surface area contributed by atoms with E-state index in [0.717, 1.165) is 28.9 Å². The molecule has 0 aliphatic heterocycles. The fraction of sp³-hybridized carbons (Fsp3) is 0.0526.